The minimum absolute atomic E-state index is 0.0346. The van der Waals surface area contributed by atoms with E-state index < -0.39 is 23.8 Å². The number of aromatic nitrogens is 1. The Bertz CT molecular complexity index is 835. The van der Waals surface area contributed by atoms with Gasteiger partial charge in [-0.3, -0.25) is 4.90 Å². The standard InChI is InChI=1S/C22H25F3N2O4/c1-16(21(28)29-14-13-27-11-3-2-4-12-27)30-18-6-8-19(9-7-18)31-20-10-5-17(15-26-20)22(23,24)25/h5-10,15-16H,2-4,11-14H2,1H3. The molecule has 0 amide bonds. The van der Waals surface area contributed by atoms with E-state index in [0.29, 0.717) is 24.3 Å². The van der Waals surface area contributed by atoms with E-state index in [-0.39, 0.29) is 5.88 Å². The number of rotatable bonds is 8. The minimum atomic E-state index is -4.45. The van der Waals surface area contributed by atoms with Gasteiger partial charge < -0.3 is 14.2 Å². The van der Waals surface area contributed by atoms with Crippen molar-refractivity contribution in [1.82, 2.24) is 9.88 Å². The number of ether oxygens (including phenoxy) is 3. The third-order valence-corrected chi connectivity index (χ3v) is 4.86. The average Bonchev–Trinajstić information content (AvgIpc) is 2.75. The largest absolute Gasteiger partial charge is 0.479 e. The molecule has 168 valence electrons. The van der Waals surface area contributed by atoms with E-state index in [0.717, 1.165) is 31.8 Å². The molecule has 31 heavy (non-hydrogen) atoms. The summed E-state index contributed by atoms with van der Waals surface area (Å²) in [5.41, 5.74) is -0.847. The quantitative estimate of drug-likeness (QED) is 0.558. The molecule has 0 saturated carbocycles. The van der Waals surface area contributed by atoms with Crippen LogP contribution in [-0.4, -0.2) is 48.2 Å². The Labute approximate surface area is 178 Å². The predicted octanol–water partition coefficient (Wildman–Crippen LogP) is 4.69. The van der Waals surface area contributed by atoms with Crippen molar-refractivity contribution < 1.29 is 32.2 Å². The summed E-state index contributed by atoms with van der Waals surface area (Å²) in [6.45, 7) is 4.75. The summed E-state index contributed by atoms with van der Waals surface area (Å²) < 4.78 is 54.1. The molecular weight excluding hydrogens is 413 g/mol. The van der Waals surface area contributed by atoms with Crippen LogP contribution in [0.4, 0.5) is 13.2 Å². The minimum Gasteiger partial charge on any atom is -0.479 e. The molecule has 1 unspecified atom stereocenters. The van der Waals surface area contributed by atoms with Crippen LogP contribution in [0.2, 0.25) is 0 Å². The first-order valence-corrected chi connectivity index (χ1v) is 10.2. The molecule has 0 aliphatic carbocycles. The first-order valence-electron chi connectivity index (χ1n) is 10.2. The van der Waals surface area contributed by atoms with Gasteiger partial charge in [-0.05, 0) is 63.2 Å². The molecule has 0 spiro atoms. The van der Waals surface area contributed by atoms with Gasteiger partial charge in [-0.15, -0.1) is 0 Å². The third kappa shape index (κ3) is 7.13. The Morgan fingerprint density at radius 1 is 1.06 bits per heavy atom. The summed E-state index contributed by atoms with van der Waals surface area (Å²) in [6.07, 6.45) is -0.887. The van der Waals surface area contributed by atoms with E-state index >= 15 is 0 Å². The topological polar surface area (TPSA) is 60.9 Å². The lowest BCUT2D eigenvalue weighted by molar-refractivity contribution is -0.151. The number of carbonyl (C=O) groups is 1. The molecule has 0 bridgehead atoms. The van der Waals surface area contributed by atoms with E-state index in [1.165, 1.54) is 19.3 Å². The number of benzene rings is 1. The number of halogens is 3. The van der Waals surface area contributed by atoms with E-state index in [4.69, 9.17) is 14.2 Å². The van der Waals surface area contributed by atoms with Crippen LogP contribution in [0.25, 0.3) is 0 Å². The van der Waals surface area contributed by atoms with Crippen molar-refractivity contribution in [2.24, 2.45) is 0 Å². The number of nitrogens with zero attached hydrogens (tertiary/aromatic N) is 2. The van der Waals surface area contributed by atoms with Crippen LogP contribution in [0, 0.1) is 0 Å². The maximum absolute atomic E-state index is 12.6. The van der Waals surface area contributed by atoms with Crippen LogP contribution in [0.5, 0.6) is 17.4 Å². The molecule has 1 fully saturated rings. The van der Waals surface area contributed by atoms with Gasteiger partial charge in [0.25, 0.3) is 0 Å². The van der Waals surface area contributed by atoms with Crippen molar-refractivity contribution in [1.29, 1.82) is 0 Å². The molecule has 2 heterocycles. The van der Waals surface area contributed by atoms with E-state index in [1.807, 2.05) is 0 Å². The number of likely N-dealkylation sites (tertiary alicyclic amines) is 1. The van der Waals surface area contributed by atoms with Crippen molar-refractivity contribution in [3.8, 4) is 17.4 Å². The molecule has 2 aromatic rings. The molecule has 1 aromatic carbocycles. The highest BCUT2D eigenvalue weighted by molar-refractivity contribution is 5.74. The van der Waals surface area contributed by atoms with Crippen LogP contribution < -0.4 is 9.47 Å². The van der Waals surface area contributed by atoms with Crippen LogP contribution in [0.1, 0.15) is 31.7 Å². The summed E-state index contributed by atoms with van der Waals surface area (Å²) >= 11 is 0. The van der Waals surface area contributed by atoms with Crippen LogP contribution in [0.3, 0.4) is 0 Å². The van der Waals surface area contributed by atoms with Gasteiger partial charge in [0, 0.05) is 18.8 Å². The number of carbonyl (C=O) groups excluding carboxylic acids is 1. The summed E-state index contributed by atoms with van der Waals surface area (Å²) in [7, 11) is 0. The first-order chi connectivity index (χ1) is 14.8. The third-order valence-electron chi connectivity index (χ3n) is 4.86. The fraction of sp³-hybridized carbons (Fsp3) is 0.455. The second kappa shape index (κ2) is 10.5. The molecule has 0 N–H and O–H groups in total. The van der Waals surface area contributed by atoms with Crippen molar-refractivity contribution in [3.05, 3.63) is 48.2 Å². The lowest BCUT2D eigenvalue weighted by atomic mass is 10.1. The predicted molar refractivity (Wildman–Crippen MR) is 107 cm³/mol. The molecule has 1 aromatic heterocycles. The molecule has 9 heteroatoms. The van der Waals surface area contributed by atoms with Crippen LogP contribution in [0.15, 0.2) is 42.6 Å². The number of esters is 1. The van der Waals surface area contributed by atoms with Crippen molar-refractivity contribution >= 4 is 5.97 Å². The molecule has 1 aliphatic rings. The van der Waals surface area contributed by atoms with Gasteiger partial charge in [-0.2, -0.15) is 13.2 Å². The number of pyridine rings is 1. The van der Waals surface area contributed by atoms with Gasteiger partial charge in [0.05, 0.1) is 5.56 Å². The molecule has 3 rings (SSSR count). The Kier molecular flexibility index (Phi) is 7.73. The highest BCUT2D eigenvalue weighted by Gasteiger charge is 2.30. The smallest absolute Gasteiger partial charge is 0.417 e. The summed E-state index contributed by atoms with van der Waals surface area (Å²) in [6, 6.07) is 8.38. The summed E-state index contributed by atoms with van der Waals surface area (Å²) in [5, 5.41) is 0. The Hall–Kier alpha value is -2.81. The first kappa shape index (κ1) is 22.9. The highest BCUT2D eigenvalue weighted by atomic mass is 19.4. The van der Waals surface area contributed by atoms with Crippen LogP contribution >= 0.6 is 0 Å². The van der Waals surface area contributed by atoms with Gasteiger partial charge in [-0.1, -0.05) is 6.42 Å². The maximum atomic E-state index is 12.6. The van der Waals surface area contributed by atoms with Gasteiger partial charge >= 0.3 is 12.1 Å². The zero-order valence-electron chi connectivity index (χ0n) is 17.2. The number of alkyl halides is 3. The highest BCUT2D eigenvalue weighted by Crippen LogP contribution is 2.30. The second-order valence-corrected chi connectivity index (χ2v) is 7.29. The lowest BCUT2D eigenvalue weighted by Crippen LogP contribution is -2.34. The molecule has 1 aliphatic heterocycles. The molecule has 1 saturated heterocycles. The van der Waals surface area contributed by atoms with Crippen molar-refractivity contribution in [3.63, 3.8) is 0 Å². The number of hydrogen-bond donors (Lipinski definition) is 0. The van der Waals surface area contributed by atoms with E-state index in [9.17, 15) is 18.0 Å². The van der Waals surface area contributed by atoms with Gasteiger partial charge in [0.15, 0.2) is 6.10 Å². The molecular formula is C22H25F3N2O4. The van der Waals surface area contributed by atoms with E-state index in [2.05, 4.69) is 9.88 Å². The molecule has 0 radical (unpaired) electrons. The van der Waals surface area contributed by atoms with Crippen molar-refractivity contribution in [2.75, 3.05) is 26.2 Å². The van der Waals surface area contributed by atoms with Gasteiger partial charge in [-0.25, -0.2) is 9.78 Å². The van der Waals surface area contributed by atoms with Gasteiger partial charge in [0.1, 0.15) is 18.1 Å². The SMILES string of the molecule is CC(Oc1ccc(Oc2ccc(C(F)(F)F)cn2)cc1)C(=O)OCCN1CCCCC1. The normalized spacial score (nSPS) is 15.9. The number of hydrogen-bond acceptors (Lipinski definition) is 6. The monoisotopic (exact) mass is 438 g/mol. The van der Waals surface area contributed by atoms with Crippen molar-refractivity contribution in [2.45, 2.75) is 38.5 Å². The fourth-order valence-electron chi connectivity index (χ4n) is 3.14. The lowest BCUT2D eigenvalue weighted by Gasteiger charge is -2.26. The Morgan fingerprint density at radius 2 is 1.74 bits per heavy atom. The fourth-order valence-corrected chi connectivity index (χ4v) is 3.14. The van der Waals surface area contributed by atoms with E-state index in [1.54, 1.807) is 31.2 Å². The zero-order chi connectivity index (χ0) is 22.3. The Morgan fingerprint density at radius 3 is 2.35 bits per heavy atom. The van der Waals surface area contributed by atoms with Crippen LogP contribution in [-0.2, 0) is 15.7 Å². The molecule has 1 atom stereocenters. The second-order valence-electron chi connectivity index (χ2n) is 7.29. The Balaban J connectivity index is 1.44. The summed E-state index contributed by atoms with van der Waals surface area (Å²) in [5.74, 6) is 0.406. The molecule has 6 nitrogen and oxygen atoms in total. The zero-order valence-corrected chi connectivity index (χ0v) is 17.2. The maximum Gasteiger partial charge on any atom is 0.417 e. The average molecular weight is 438 g/mol. The van der Waals surface area contributed by atoms with Gasteiger partial charge in [0.2, 0.25) is 5.88 Å². The summed E-state index contributed by atoms with van der Waals surface area (Å²) in [4.78, 5) is 18.1. The number of piperidine rings is 1.